The number of pyridine rings is 1. The van der Waals surface area contributed by atoms with E-state index in [0.717, 1.165) is 36.3 Å². The van der Waals surface area contributed by atoms with Crippen LogP contribution in [0.4, 0.5) is 5.69 Å². The van der Waals surface area contributed by atoms with Crippen molar-refractivity contribution in [3.05, 3.63) is 45.4 Å². The van der Waals surface area contributed by atoms with Crippen molar-refractivity contribution in [2.75, 3.05) is 5.32 Å². The first-order valence-electron chi connectivity index (χ1n) is 6.76. The predicted octanol–water partition coefficient (Wildman–Crippen LogP) is 2.97. The number of fused-ring (bicyclic) bond motifs is 1. The van der Waals surface area contributed by atoms with Gasteiger partial charge in [-0.05, 0) is 49.4 Å². The summed E-state index contributed by atoms with van der Waals surface area (Å²) in [6.45, 7) is 0. The number of hydrogen-bond acceptors (Lipinski definition) is 4. The van der Waals surface area contributed by atoms with E-state index in [1.807, 2.05) is 6.07 Å². The molecule has 0 bridgehead atoms. The minimum atomic E-state index is -1.02. The number of carbonyl (C=O) groups excluding carboxylic acids is 1. The fraction of sp³-hybridized carbons (Fsp3) is 0.267. The second-order valence-corrected chi connectivity index (χ2v) is 6.04. The summed E-state index contributed by atoms with van der Waals surface area (Å²) >= 11 is 0.965. The van der Waals surface area contributed by atoms with Gasteiger partial charge in [-0.15, -0.1) is 11.3 Å². The Balaban J connectivity index is 1.76. The molecule has 2 aromatic heterocycles. The van der Waals surface area contributed by atoms with Gasteiger partial charge in [0.05, 0.1) is 16.8 Å². The summed E-state index contributed by atoms with van der Waals surface area (Å²) in [7, 11) is 0. The predicted molar refractivity (Wildman–Crippen MR) is 80.1 cm³/mol. The number of thiophene rings is 1. The van der Waals surface area contributed by atoms with Crippen LogP contribution >= 0.6 is 11.3 Å². The molecule has 0 spiro atoms. The third kappa shape index (κ3) is 2.95. The summed E-state index contributed by atoms with van der Waals surface area (Å²) in [6.07, 6.45) is 5.97. The second-order valence-electron chi connectivity index (χ2n) is 4.96. The zero-order valence-electron chi connectivity index (χ0n) is 11.3. The normalized spacial score (nSPS) is 13.5. The number of anilines is 1. The fourth-order valence-electron chi connectivity index (χ4n) is 2.42. The molecule has 21 heavy (non-hydrogen) atoms. The molecule has 2 heterocycles. The molecule has 1 amide bonds. The monoisotopic (exact) mass is 302 g/mol. The Morgan fingerprint density at radius 3 is 2.71 bits per heavy atom. The minimum Gasteiger partial charge on any atom is -0.477 e. The summed E-state index contributed by atoms with van der Waals surface area (Å²) in [5.74, 6) is -1.32. The van der Waals surface area contributed by atoms with E-state index in [4.69, 9.17) is 5.11 Å². The molecule has 0 radical (unpaired) electrons. The fourth-order valence-corrected chi connectivity index (χ4v) is 3.16. The SMILES string of the molecule is O=C(O)c1ccc(C(=O)Nc2cnc3c(c2)CCCC3)s1. The number of nitrogens with one attached hydrogen (secondary N) is 1. The Morgan fingerprint density at radius 1 is 1.19 bits per heavy atom. The maximum atomic E-state index is 12.1. The van der Waals surface area contributed by atoms with Crippen molar-refractivity contribution >= 4 is 28.9 Å². The average Bonchev–Trinajstić information content (AvgIpc) is 2.97. The van der Waals surface area contributed by atoms with Gasteiger partial charge in [-0.3, -0.25) is 9.78 Å². The minimum absolute atomic E-state index is 0.156. The molecule has 1 aliphatic carbocycles. The lowest BCUT2D eigenvalue weighted by molar-refractivity contribution is 0.0702. The Labute approximate surface area is 125 Å². The van der Waals surface area contributed by atoms with E-state index in [1.165, 1.54) is 24.1 Å². The van der Waals surface area contributed by atoms with E-state index in [-0.39, 0.29) is 10.8 Å². The molecule has 0 saturated heterocycles. The second kappa shape index (κ2) is 5.65. The van der Waals surface area contributed by atoms with Crippen LogP contribution < -0.4 is 5.32 Å². The number of carboxylic acid groups (broad SMARTS) is 1. The number of aromatic nitrogens is 1. The van der Waals surface area contributed by atoms with Gasteiger partial charge in [0.15, 0.2) is 0 Å². The van der Waals surface area contributed by atoms with E-state index in [2.05, 4.69) is 10.3 Å². The lowest BCUT2D eigenvalue weighted by Crippen LogP contribution is -2.12. The van der Waals surface area contributed by atoms with Crippen LogP contribution in [0.25, 0.3) is 0 Å². The van der Waals surface area contributed by atoms with E-state index >= 15 is 0 Å². The zero-order valence-corrected chi connectivity index (χ0v) is 12.1. The largest absolute Gasteiger partial charge is 0.477 e. The molecule has 0 aliphatic heterocycles. The molecule has 0 saturated carbocycles. The van der Waals surface area contributed by atoms with E-state index in [0.29, 0.717) is 10.6 Å². The van der Waals surface area contributed by atoms with Gasteiger partial charge in [-0.1, -0.05) is 0 Å². The van der Waals surface area contributed by atoms with Gasteiger partial charge in [-0.25, -0.2) is 4.79 Å². The molecule has 108 valence electrons. The van der Waals surface area contributed by atoms with Crippen molar-refractivity contribution in [1.82, 2.24) is 4.98 Å². The number of carbonyl (C=O) groups is 2. The van der Waals surface area contributed by atoms with Crippen LogP contribution in [0.5, 0.6) is 0 Å². The Morgan fingerprint density at radius 2 is 1.95 bits per heavy atom. The highest BCUT2D eigenvalue weighted by molar-refractivity contribution is 7.15. The third-order valence-electron chi connectivity index (χ3n) is 3.47. The van der Waals surface area contributed by atoms with Crippen molar-refractivity contribution in [2.45, 2.75) is 25.7 Å². The van der Waals surface area contributed by atoms with Gasteiger partial charge in [0.1, 0.15) is 4.88 Å². The van der Waals surface area contributed by atoms with Gasteiger partial charge in [0.2, 0.25) is 0 Å². The lowest BCUT2D eigenvalue weighted by atomic mass is 9.96. The molecule has 3 rings (SSSR count). The van der Waals surface area contributed by atoms with Crippen LogP contribution in [0.15, 0.2) is 24.4 Å². The van der Waals surface area contributed by atoms with Crippen LogP contribution in [-0.4, -0.2) is 22.0 Å². The topological polar surface area (TPSA) is 79.3 Å². The van der Waals surface area contributed by atoms with E-state index in [1.54, 1.807) is 6.20 Å². The average molecular weight is 302 g/mol. The smallest absolute Gasteiger partial charge is 0.345 e. The third-order valence-corrected chi connectivity index (χ3v) is 4.54. The number of rotatable bonds is 3. The number of hydrogen-bond donors (Lipinski definition) is 2. The van der Waals surface area contributed by atoms with Gasteiger partial charge in [0, 0.05) is 5.69 Å². The molecular weight excluding hydrogens is 288 g/mol. The number of aromatic carboxylic acids is 1. The van der Waals surface area contributed by atoms with Crippen molar-refractivity contribution in [3.63, 3.8) is 0 Å². The molecule has 2 N–H and O–H groups in total. The number of amides is 1. The molecule has 0 aromatic carbocycles. The summed E-state index contributed by atoms with van der Waals surface area (Å²) in [5.41, 5.74) is 2.96. The Kier molecular flexibility index (Phi) is 3.70. The quantitative estimate of drug-likeness (QED) is 0.913. The summed E-state index contributed by atoms with van der Waals surface area (Å²) < 4.78 is 0. The van der Waals surface area contributed by atoms with Crippen LogP contribution in [0.1, 0.15) is 43.4 Å². The number of nitrogens with zero attached hydrogens (tertiary/aromatic N) is 1. The molecule has 0 atom stereocenters. The summed E-state index contributed by atoms with van der Waals surface area (Å²) in [4.78, 5) is 27.9. The van der Waals surface area contributed by atoms with Gasteiger partial charge >= 0.3 is 5.97 Å². The maximum absolute atomic E-state index is 12.1. The number of aryl methyl sites for hydroxylation is 2. The van der Waals surface area contributed by atoms with Gasteiger partial charge in [-0.2, -0.15) is 0 Å². The first-order valence-corrected chi connectivity index (χ1v) is 7.57. The molecule has 5 nitrogen and oxygen atoms in total. The molecule has 0 unspecified atom stereocenters. The molecule has 2 aromatic rings. The standard InChI is InChI=1S/C15H14N2O3S/c18-14(12-5-6-13(21-12)15(19)20)17-10-7-9-3-1-2-4-11(9)16-8-10/h5-8H,1-4H2,(H,17,18)(H,19,20). The van der Waals surface area contributed by atoms with Crippen LogP contribution in [0.3, 0.4) is 0 Å². The lowest BCUT2D eigenvalue weighted by Gasteiger charge is -2.15. The molecule has 0 fully saturated rings. The highest BCUT2D eigenvalue weighted by atomic mass is 32.1. The first kappa shape index (κ1) is 13.8. The summed E-state index contributed by atoms with van der Waals surface area (Å²) in [5, 5.41) is 11.6. The number of carboxylic acids is 1. The Hall–Kier alpha value is -2.21. The highest BCUT2D eigenvalue weighted by Gasteiger charge is 2.15. The first-order chi connectivity index (χ1) is 10.1. The van der Waals surface area contributed by atoms with Crippen LogP contribution in [-0.2, 0) is 12.8 Å². The molecular formula is C15H14N2O3S. The van der Waals surface area contributed by atoms with Crippen molar-refractivity contribution in [1.29, 1.82) is 0 Å². The molecule has 6 heteroatoms. The summed E-state index contributed by atoms with van der Waals surface area (Å²) in [6, 6.07) is 4.92. The zero-order chi connectivity index (χ0) is 14.8. The highest BCUT2D eigenvalue weighted by Crippen LogP contribution is 2.23. The van der Waals surface area contributed by atoms with Gasteiger partial charge in [0.25, 0.3) is 5.91 Å². The van der Waals surface area contributed by atoms with Crippen molar-refractivity contribution < 1.29 is 14.7 Å². The Bertz CT molecular complexity index is 709. The van der Waals surface area contributed by atoms with Crippen LogP contribution in [0.2, 0.25) is 0 Å². The van der Waals surface area contributed by atoms with Crippen LogP contribution in [0, 0.1) is 0 Å². The van der Waals surface area contributed by atoms with Gasteiger partial charge < -0.3 is 10.4 Å². The van der Waals surface area contributed by atoms with E-state index < -0.39 is 5.97 Å². The van der Waals surface area contributed by atoms with Crippen molar-refractivity contribution in [3.8, 4) is 0 Å². The molecule has 1 aliphatic rings. The van der Waals surface area contributed by atoms with E-state index in [9.17, 15) is 9.59 Å². The van der Waals surface area contributed by atoms with Crippen molar-refractivity contribution in [2.24, 2.45) is 0 Å². The maximum Gasteiger partial charge on any atom is 0.345 e.